The monoisotopic (exact) mass is 559 g/mol. The number of benzene rings is 5. The van der Waals surface area contributed by atoms with Crippen LogP contribution in [0, 0.1) is 11.3 Å². The summed E-state index contributed by atoms with van der Waals surface area (Å²) in [7, 11) is -0.521. The predicted molar refractivity (Wildman–Crippen MR) is 170 cm³/mol. The molecule has 5 aromatic carbocycles. The van der Waals surface area contributed by atoms with E-state index in [1.165, 1.54) is 11.1 Å². The minimum atomic E-state index is -0.584. The number of hydrogen-bond acceptors (Lipinski definition) is 4. The van der Waals surface area contributed by atoms with Crippen LogP contribution in [0.4, 0.5) is 0 Å². The summed E-state index contributed by atoms with van der Waals surface area (Å²) >= 11 is 0. The number of ether oxygens (including phenoxy) is 1. The summed E-state index contributed by atoms with van der Waals surface area (Å²) in [6.45, 7) is 8.39. The van der Waals surface area contributed by atoms with E-state index in [1.807, 2.05) is 36.4 Å². The molecule has 0 radical (unpaired) electrons. The van der Waals surface area contributed by atoms with E-state index < -0.39 is 23.7 Å². The molecule has 208 valence electrons. The van der Waals surface area contributed by atoms with Crippen molar-refractivity contribution in [3.8, 4) is 39.8 Å². The van der Waals surface area contributed by atoms with Gasteiger partial charge in [0.1, 0.15) is 11.5 Å². The van der Waals surface area contributed by atoms with Crippen LogP contribution in [0.3, 0.4) is 0 Å². The summed E-state index contributed by atoms with van der Waals surface area (Å²) in [6.07, 6.45) is 0. The molecule has 0 N–H and O–H groups in total. The Labute approximate surface area is 252 Å². The summed E-state index contributed by atoms with van der Waals surface area (Å²) in [5.41, 5.74) is 9.20. The molecule has 2 aliphatic heterocycles. The van der Waals surface area contributed by atoms with Crippen molar-refractivity contribution in [2.75, 3.05) is 0 Å². The highest BCUT2D eigenvalue weighted by Gasteiger charge is 2.56. The number of nitriles is 1. The van der Waals surface area contributed by atoms with Crippen LogP contribution in [0.2, 0.25) is 0 Å². The molecule has 43 heavy (non-hydrogen) atoms. The van der Waals surface area contributed by atoms with E-state index in [4.69, 9.17) is 14.0 Å². The molecule has 4 nitrogen and oxygen atoms in total. The SMILES string of the molecule is CC1(C)OB(c2cccc3c2-c2cc(-c4ccc(C#N)cc4)ccc2C32c3ccccc3Oc3ccccc32)OC1(C)C. The molecule has 2 heterocycles. The van der Waals surface area contributed by atoms with Gasteiger partial charge in [0, 0.05) is 11.1 Å². The number of fused-ring (bicyclic) bond motifs is 9. The Morgan fingerprint density at radius 2 is 1.19 bits per heavy atom. The van der Waals surface area contributed by atoms with Gasteiger partial charge in [-0.15, -0.1) is 0 Å². The fourth-order valence-electron chi connectivity index (χ4n) is 7.06. The van der Waals surface area contributed by atoms with Crippen molar-refractivity contribution in [1.29, 1.82) is 5.26 Å². The molecule has 0 atom stereocenters. The van der Waals surface area contributed by atoms with E-state index in [0.717, 1.165) is 50.3 Å². The van der Waals surface area contributed by atoms with Gasteiger partial charge < -0.3 is 14.0 Å². The number of nitrogens with zero attached hydrogens (tertiary/aromatic N) is 1. The van der Waals surface area contributed by atoms with Crippen molar-refractivity contribution < 1.29 is 14.0 Å². The van der Waals surface area contributed by atoms with Gasteiger partial charge in [0.2, 0.25) is 0 Å². The smallest absolute Gasteiger partial charge is 0.457 e. The van der Waals surface area contributed by atoms with Crippen LogP contribution in [0.15, 0.2) is 109 Å². The molecule has 1 aliphatic carbocycles. The molecule has 0 bridgehead atoms. The Bertz CT molecular complexity index is 1920. The first-order chi connectivity index (χ1) is 20.7. The normalized spacial score (nSPS) is 17.8. The number of rotatable bonds is 2. The lowest BCUT2D eigenvalue weighted by Gasteiger charge is -2.39. The number of para-hydroxylation sites is 2. The lowest BCUT2D eigenvalue weighted by Crippen LogP contribution is -2.41. The van der Waals surface area contributed by atoms with Crippen LogP contribution in [0.1, 0.15) is 55.5 Å². The van der Waals surface area contributed by atoms with E-state index in [9.17, 15) is 5.26 Å². The summed E-state index contributed by atoms with van der Waals surface area (Å²) in [6, 6.07) is 40.1. The van der Waals surface area contributed by atoms with Gasteiger partial charge in [-0.2, -0.15) is 5.26 Å². The molecule has 0 aromatic heterocycles. The first kappa shape index (κ1) is 26.0. The average Bonchev–Trinajstić information content (AvgIpc) is 3.43. The van der Waals surface area contributed by atoms with Crippen LogP contribution in [0.25, 0.3) is 22.3 Å². The summed E-state index contributed by atoms with van der Waals surface area (Å²) in [4.78, 5) is 0. The van der Waals surface area contributed by atoms with Crippen LogP contribution < -0.4 is 10.2 Å². The van der Waals surface area contributed by atoms with Crippen molar-refractivity contribution in [3.63, 3.8) is 0 Å². The molecule has 0 amide bonds. The summed E-state index contributed by atoms with van der Waals surface area (Å²) in [5, 5.41) is 9.36. The first-order valence-corrected chi connectivity index (χ1v) is 14.8. The average molecular weight is 559 g/mol. The van der Waals surface area contributed by atoms with Gasteiger partial charge >= 0.3 is 7.12 Å². The van der Waals surface area contributed by atoms with Gasteiger partial charge in [-0.3, -0.25) is 0 Å². The van der Waals surface area contributed by atoms with Crippen molar-refractivity contribution in [2.45, 2.75) is 44.3 Å². The minimum Gasteiger partial charge on any atom is -0.457 e. The largest absolute Gasteiger partial charge is 0.495 e. The maximum absolute atomic E-state index is 9.36. The fourth-order valence-corrected chi connectivity index (χ4v) is 7.06. The summed E-state index contributed by atoms with van der Waals surface area (Å²) in [5.74, 6) is 1.72. The third-order valence-corrected chi connectivity index (χ3v) is 9.85. The van der Waals surface area contributed by atoms with Gasteiger partial charge in [-0.1, -0.05) is 78.9 Å². The highest BCUT2D eigenvalue weighted by Crippen LogP contribution is 2.62. The van der Waals surface area contributed by atoms with Crippen molar-refractivity contribution in [2.24, 2.45) is 0 Å². The van der Waals surface area contributed by atoms with Gasteiger partial charge in [-0.25, -0.2) is 0 Å². The van der Waals surface area contributed by atoms with Gasteiger partial charge in [0.25, 0.3) is 0 Å². The molecule has 5 aromatic rings. The molecule has 1 fully saturated rings. The maximum atomic E-state index is 9.36. The molecule has 0 unspecified atom stereocenters. The van der Waals surface area contributed by atoms with E-state index in [2.05, 4.69) is 107 Å². The highest BCUT2D eigenvalue weighted by molar-refractivity contribution is 6.64. The third kappa shape index (κ3) is 3.51. The zero-order valence-corrected chi connectivity index (χ0v) is 24.6. The second kappa shape index (κ2) is 8.94. The van der Waals surface area contributed by atoms with Crippen molar-refractivity contribution in [3.05, 3.63) is 137 Å². The van der Waals surface area contributed by atoms with E-state index >= 15 is 0 Å². The van der Waals surface area contributed by atoms with Crippen LogP contribution >= 0.6 is 0 Å². The van der Waals surface area contributed by atoms with Gasteiger partial charge in [0.05, 0.1) is 28.2 Å². The van der Waals surface area contributed by atoms with Crippen molar-refractivity contribution >= 4 is 12.6 Å². The topological polar surface area (TPSA) is 51.5 Å². The van der Waals surface area contributed by atoms with Gasteiger partial charge in [0.15, 0.2) is 0 Å². The lowest BCUT2D eigenvalue weighted by molar-refractivity contribution is 0.00578. The Morgan fingerprint density at radius 3 is 1.81 bits per heavy atom. The molecule has 5 heteroatoms. The molecular formula is C38H30BNO3. The quantitative estimate of drug-likeness (QED) is 0.202. The molecule has 8 rings (SSSR count). The van der Waals surface area contributed by atoms with Gasteiger partial charge in [-0.05, 0) is 96.9 Å². The number of hydrogen-bond donors (Lipinski definition) is 0. The molecule has 1 saturated heterocycles. The van der Waals surface area contributed by atoms with Crippen LogP contribution in [0.5, 0.6) is 11.5 Å². The van der Waals surface area contributed by atoms with Crippen LogP contribution in [-0.2, 0) is 14.7 Å². The lowest BCUT2D eigenvalue weighted by atomic mass is 9.65. The Balaban J connectivity index is 1.45. The van der Waals surface area contributed by atoms with Crippen LogP contribution in [-0.4, -0.2) is 18.3 Å². The Kier molecular flexibility index (Phi) is 5.41. The molecule has 1 spiro atoms. The first-order valence-electron chi connectivity index (χ1n) is 14.8. The minimum absolute atomic E-state index is 0.471. The zero-order valence-electron chi connectivity index (χ0n) is 24.6. The van der Waals surface area contributed by atoms with E-state index in [-0.39, 0.29) is 0 Å². The van der Waals surface area contributed by atoms with E-state index in [0.29, 0.717) is 5.56 Å². The second-order valence-electron chi connectivity index (χ2n) is 12.7. The standard InChI is InChI=1S/C38H30BNO3/c1-36(2)37(3,4)43-39(42-36)32-13-9-12-31-35(32)27-22-26(25-18-16-24(23-40)17-19-25)20-21-28(27)38(31)29-10-5-7-14-33(29)41-34-15-8-6-11-30(34)38/h5-22H,1-4H3. The van der Waals surface area contributed by atoms with E-state index in [1.54, 1.807) is 0 Å². The highest BCUT2D eigenvalue weighted by atomic mass is 16.7. The predicted octanol–water partition coefficient (Wildman–Crippen LogP) is 7.99. The summed E-state index contributed by atoms with van der Waals surface area (Å²) < 4.78 is 19.9. The van der Waals surface area contributed by atoms with Crippen molar-refractivity contribution in [1.82, 2.24) is 0 Å². The maximum Gasteiger partial charge on any atom is 0.495 e. The molecule has 3 aliphatic rings. The molecule has 0 saturated carbocycles. The zero-order chi connectivity index (χ0) is 29.6. The molecular weight excluding hydrogens is 529 g/mol. The fraction of sp³-hybridized carbons (Fsp3) is 0.184. The Hall–Kier alpha value is -4.63. The third-order valence-electron chi connectivity index (χ3n) is 9.85. The Morgan fingerprint density at radius 1 is 0.605 bits per heavy atom. The second-order valence-corrected chi connectivity index (χ2v) is 12.7.